The molecule has 1 aromatic heterocycles. The maximum Gasteiger partial charge on any atom is 0.248 e. The molecule has 0 N–H and O–H groups in total. The van der Waals surface area contributed by atoms with Crippen LogP contribution in [0.3, 0.4) is 0 Å². The number of aromatic nitrogens is 1. The van der Waals surface area contributed by atoms with E-state index in [0.717, 1.165) is 25.9 Å². The van der Waals surface area contributed by atoms with Crippen molar-refractivity contribution >= 4 is 10.0 Å². The Kier molecular flexibility index (Phi) is 4.17. The number of nitrogens with zero attached hydrogens (tertiary/aromatic N) is 3. The van der Waals surface area contributed by atoms with Gasteiger partial charge >= 0.3 is 0 Å². The summed E-state index contributed by atoms with van der Waals surface area (Å²) in [5, 5.41) is 3.79. The fourth-order valence-corrected chi connectivity index (χ4v) is 5.85. The van der Waals surface area contributed by atoms with Gasteiger partial charge in [-0.3, -0.25) is 4.90 Å². The Labute approximate surface area is 148 Å². The van der Waals surface area contributed by atoms with E-state index in [1.54, 1.807) is 18.2 Å². The molecule has 25 heavy (non-hydrogen) atoms. The topological polar surface area (TPSA) is 66.7 Å². The Balaban J connectivity index is 1.49. The van der Waals surface area contributed by atoms with E-state index in [1.165, 1.54) is 11.1 Å². The van der Waals surface area contributed by atoms with Crippen molar-refractivity contribution in [3.8, 4) is 0 Å². The Hall–Kier alpha value is -1.70. The van der Waals surface area contributed by atoms with Crippen LogP contribution in [0, 0.1) is 13.8 Å². The lowest BCUT2D eigenvalue weighted by molar-refractivity contribution is 0.136. The third-order valence-electron chi connectivity index (χ3n) is 5.38. The molecule has 1 aromatic carbocycles. The van der Waals surface area contributed by atoms with Crippen molar-refractivity contribution in [3.63, 3.8) is 0 Å². The predicted molar refractivity (Wildman–Crippen MR) is 93.8 cm³/mol. The molecule has 1 fully saturated rings. The van der Waals surface area contributed by atoms with Crippen LogP contribution in [0.4, 0.5) is 0 Å². The molecule has 0 amide bonds. The van der Waals surface area contributed by atoms with E-state index in [-0.39, 0.29) is 4.90 Å². The van der Waals surface area contributed by atoms with Crippen molar-refractivity contribution in [1.82, 2.24) is 14.4 Å². The van der Waals surface area contributed by atoms with E-state index in [2.05, 4.69) is 34.3 Å². The van der Waals surface area contributed by atoms with E-state index < -0.39 is 10.0 Å². The highest BCUT2D eigenvalue weighted by molar-refractivity contribution is 7.89. The van der Waals surface area contributed by atoms with Crippen molar-refractivity contribution in [1.29, 1.82) is 0 Å². The Morgan fingerprint density at radius 1 is 1.12 bits per heavy atom. The minimum Gasteiger partial charge on any atom is -0.360 e. The standard InChI is InChI=1S/C18H23N3O3S/c1-13-18(14(2)24-19-13)25(22,23)21-11-9-20(10-12-21)17-8-7-15-5-3-4-6-16(15)17/h3-6,17H,7-12H2,1-2H3. The van der Waals surface area contributed by atoms with E-state index >= 15 is 0 Å². The van der Waals surface area contributed by atoms with Crippen LogP contribution in [-0.2, 0) is 16.4 Å². The number of rotatable bonds is 3. The van der Waals surface area contributed by atoms with Crippen LogP contribution in [0.1, 0.15) is 35.0 Å². The Morgan fingerprint density at radius 3 is 2.52 bits per heavy atom. The van der Waals surface area contributed by atoms with Gasteiger partial charge < -0.3 is 4.52 Å². The first-order valence-corrected chi connectivity index (χ1v) is 10.2. The van der Waals surface area contributed by atoms with Gasteiger partial charge in [0.1, 0.15) is 10.6 Å². The lowest BCUT2D eigenvalue weighted by Crippen LogP contribution is -2.49. The zero-order chi connectivity index (χ0) is 17.6. The number of aryl methyl sites for hydroxylation is 3. The molecule has 6 nitrogen and oxygen atoms in total. The molecule has 0 bridgehead atoms. The van der Waals surface area contributed by atoms with Crippen molar-refractivity contribution in [2.24, 2.45) is 0 Å². The van der Waals surface area contributed by atoms with Crippen LogP contribution in [0.5, 0.6) is 0 Å². The average Bonchev–Trinajstić information content (AvgIpc) is 3.18. The Bertz CT molecular complexity index is 863. The van der Waals surface area contributed by atoms with Crippen LogP contribution in [0.25, 0.3) is 0 Å². The molecule has 1 unspecified atom stereocenters. The molecule has 2 aromatic rings. The molecule has 1 aliphatic carbocycles. The molecule has 1 atom stereocenters. The molecular weight excluding hydrogens is 338 g/mol. The van der Waals surface area contributed by atoms with Crippen LogP contribution in [0.2, 0.25) is 0 Å². The molecule has 1 saturated heterocycles. The lowest BCUT2D eigenvalue weighted by atomic mass is 10.1. The van der Waals surface area contributed by atoms with Crippen molar-refractivity contribution in [2.75, 3.05) is 26.2 Å². The molecule has 7 heteroatoms. The van der Waals surface area contributed by atoms with Gasteiger partial charge in [0.2, 0.25) is 10.0 Å². The number of fused-ring (bicyclic) bond motifs is 1. The zero-order valence-corrected chi connectivity index (χ0v) is 15.4. The normalized spacial score (nSPS) is 22.2. The first-order chi connectivity index (χ1) is 12.0. The molecule has 2 aliphatic rings. The second kappa shape index (κ2) is 6.23. The van der Waals surface area contributed by atoms with E-state index in [4.69, 9.17) is 4.52 Å². The van der Waals surface area contributed by atoms with Crippen LogP contribution >= 0.6 is 0 Å². The minimum absolute atomic E-state index is 0.229. The van der Waals surface area contributed by atoms with Gasteiger partial charge in [-0.15, -0.1) is 0 Å². The quantitative estimate of drug-likeness (QED) is 0.839. The van der Waals surface area contributed by atoms with Gasteiger partial charge in [-0.1, -0.05) is 29.4 Å². The molecule has 4 rings (SSSR count). The summed E-state index contributed by atoms with van der Waals surface area (Å²) in [6.07, 6.45) is 2.23. The SMILES string of the molecule is Cc1noc(C)c1S(=O)(=O)N1CCN(C2CCc3ccccc32)CC1. The van der Waals surface area contributed by atoms with Crippen LogP contribution in [-0.4, -0.2) is 49.0 Å². The van der Waals surface area contributed by atoms with Crippen LogP contribution < -0.4 is 0 Å². The maximum atomic E-state index is 12.9. The zero-order valence-electron chi connectivity index (χ0n) is 14.6. The van der Waals surface area contributed by atoms with Crippen molar-refractivity contribution in [2.45, 2.75) is 37.6 Å². The summed E-state index contributed by atoms with van der Waals surface area (Å²) in [6.45, 7) is 5.84. The maximum absolute atomic E-state index is 12.9. The molecule has 0 spiro atoms. The van der Waals surface area contributed by atoms with Crippen molar-refractivity contribution in [3.05, 3.63) is 46.8 Å². The van der Waals surface area contributed by atoms with Crippen molar-refractivity contribution < 1.29 is 12.9 Å². The second-order valence-corrected chi connectivity index (χ2v) is 8.72. The highest BCUT2D eigenvalue weighted by Gasteiger charge is 2.36. The molecular formula is C18H23N3O3S. The first-order valence-electron chi connectivity index (χ1n) is 8.73. The lowest BCUT2D eigenvalue weighted by Gasteiger charge is -2.37. The summed E-state index contributed by atoms with van der Waals surface area (Å²) in [6, 6.07) is 9.01. The molecule has 0 saturated carbocycles. The number of piperazine rings is 1. The van der Waals surface area contributed by atoms with Gasteiger partial charge in [0.25, 0.3) is 0 Å². The smallest absolute Gasteiger partial charge is 0.248 e. The number of sulfonamides is 1. The third-order valence-corrected chi connectivity index (χ3v) is 7.52. The van der Waals surface area contributed by atoms with Gasteiger partial charge in [0.15, 0.2) is 5.76 Å². The van der Waals surface area contributed by atoms with Gasteiger partial charge in [-0.05, 0) is 37.8 Å². The summed E-state index contributed by atoms with van der Waals surface area (Å²) in [5.41, 5.74) is 3.27. The van der Waals surface area contributed by atoms with Gasteiger partial charge in [-0.25, -0.2) is 8.42 Å². The average molecular weight is 361 g/mol. The highest BCUT2D eigenvalue weighted by Crippen LogP contribution is 2.36. The van der Waals surface area contributed by atoms with Gasteiger partial charge in [-0.2, -0.15) is 4.31 Å². The monoisotopic (exact) mass is 361 g/mol. The summed E-state index contributed by atoms with van der Waals surface area (Å²) in [7, 11) is -3.54. The van der Waals surface area contributed by atoms with Crippen LogP contribution in [0.15, 0.2) is 33.7 Å². The fourth-order valence-electron chi connectivity index (χ4n) is 4.14. The Morgan fingerprint density at radius 2 is 1.84 bits per heavy atom. The third kappa shape index (κ3) is 2.80. The van der Waals surface area contributed by atoms with Gasteiger partial charge in [0.05, 0.1) is 0 Å². The predicted octanol–water partition coefficient (Wildman–Crippen LogP) is 2.29. The number of hydrogen-bond donors (Lipinski definition) is 0. The minimum atomic E-state index is -3.54. The van der Waals surface area contributed by atoms with E-state index in [0.29, 0.717) is 30.6 Å². The summed E-state index contributed by atoms with van der Waals surface area (Å²) < 4.78 is 32.5. The molecule has 0 radical (unpaired) electrons. The summed E-state index contributed by atoms with van der Waals surface area (Å²) in [5.74, 6) is 0.365. The van der Waals surface area contributed by atoms with E-state index in [9.17, 15) is 8.42 Å². The number of hydrogen-bond acceptors (Lipinski definition) is 5. The highest BCUT2D eigenvalue weighted by atomic mass is 32.2. The molecule has 1 aliphatic heterocycles. The first kappa shape index (κ1) is 16.8. The molecule has 134 valence electrons. The van der Waals surface area contributed by atoms with Gasteiger partial charge in [0, 0.05) is 32.2 Å². The second-order valence-electron chi connectivity index (χ2n) is 6.85. The largest absolute Gasteiger partial charge is 0.360 e. The summed E-state index contributed by atoms with van der Waals surface area (Å²) in [4.78, 5) is 2.65. The summed E-state index contributed by atoms with van der Waals surface area (Å²) >= 11 is 0. The fraction of sp³-hybridized carbons (Fsp3) is 0.500. The molecule has 2 heterocycles. The number of benzene rings is 1. The van der Waals surface area contributed by atoms with E-state index in [1.807, 2.05) is 0 Å².